The minimum atomic E-state index is -1.38. The van der Waals surface area contributed by atoms with Crippen LogP contribution in [-0.4, -0.2) is 95.6 Å². The molecule has 0 unspecified atom stereocenters. The summed E-state index contributed by atoms with van der Waals surface area (Å²) in [5.74, 6) is -0.00608. The second kappa shape index (κ2) is 14.3. The molecule has 4 aliphatic rings. The number of nitrogens with zero attached hydrogens (tertiary/aromatic N) is 2. The number of carboxylic acids is 1. The van der Waals surface area contributed by atoms with E-state index >= 15 is 0 Å². The average Bonchev–Trinajstić information content (AvgIpc) is 3.88. The van der Waals surface area contributed by atoms with Crippen molar-refractivity contribution in [2.45, 2.75) is 108 Å². The Morgan fingerprint density at radius 2 is 1.80 bits per heavy atom. The Bertz CT molecular complexity index is 1690. The highest BCUT2D eigenvalue weighted by Crippen LogP contribution is 2.52. The third kappa shape index (κ3) is 7.72. The monoisotopic (exact) mass is 726 g/mol. The largest absolute Gasteiger partial charge is 0.491 e. The van der Waals surface area contributed by atoms with E-state index in [-0.39, 0.29) is 25.0 Å². The zero-order valence-electron chi connectivity index (χ0n) is 30.2. The summed E-state index contributed by atoms with van der Waals surface area (Å²) < 4.78 is 23.3. The summed E-state index contributed by atoms with van der Waals surface area (Å²) in [4.78, 5) is 60.0. The molecule has 13 nitrogen and oxygen atoms in total. The van der Waals surface area contributed by atoms with Gasteiger partial charge in [0.2, 0.25) is 11.8 Å². The van der Waals surface area contributed by atoms with Crippen LogP contribution in [0, 0.1) is 30.1 Å². The van der Waals surface area contributed by atoms with E-state index in [2.05, 4.69) is 28.2 Å². The van der Waals surface area contributed by atoms with Crippen LogP contribution in [-0.2, 0) is 23.9 Å². The third-order valence-electron chi connectivity index (χ3n) is 11.0. The third-order valence-corrected chi connectivity index (χ3v) is 11.2. The minimum Gasteiger partial charge on any atom is -0.491 e. The fraction of sp³-hybridized carbons (Fsp3) is 0.649. The highest BCUT2D eigenvalue weighted by Gasteiger charge is 2.61. The van der Waals surface area contributed by atoms with Gasteiger partial charge in [0.15, 0.2) is 0 Å². The van der Waals surface area contributed by atoms with Gasteiger partial charge in [0.05, 0.1) is 23.7 Å². The van der Waals surface area contributed by atoms with Crippen LogP contribution in [0.1, 0.15) is 71.8 Å². The van der Waals surface area contributed by atoms with E-state index in [1.165, 1.54) is 11.3 Å². The Hall–Kier alpha value is -3.78. The van der Waals surface area contributed by atoms with Gasteiger partial charge in [-0.25, -0.2) is 14.6 Å². The first-order valence-electron chi connectivity index (χ1n) is 17.9. The van der Waals surface area contributed by atoms with Crippen LogP contribution in [0.4, 0.5) is 4.79 Å². The molecule has 6 rings (SSSR count). The number of likely N-dealkylation sites (tertiary alicyclic amines) is 1. The number of aliphatic carboxylic acids is 1. The molecule has 1 aromatic heterocycles. The molecule has 2 heterocycles. The lowest BCUT2D eigenvalue weighted by molar-refractivity contribution is -0.146. The number of amides is 3. The van der Waals surface area contributed by atoms with Gasteiger partial charge in [-0.15, -0.1) is 12.6 Å². The van der Waals surface area contributed by atoms with E-state index in [9.17, 15) is 24.3 Å². The number of carbonyl (C=O) groups is 4. The van der Waals surface area contributed by atoms with Crippen molar-refractivity contribution < 1.29 is 43.2 Å². The van der Waals surface area contributed by atoms with Gasteiger partial charge in [-0.1, -0.05) is 34.1 Å². The molecular formula is C37H50N4O9S. The van der Waals surface area contributed by atoms with Crippen molar-refractivity contribution in [2.24, 2.45) is 23.2 Å². The summed E-state index contributed by atoms with van der Waals surface area (Å²) in [5, 5.41) is 16.8. The Balaban J connectivity index is 1.26. The highest BCUT2D eigenvalue weighted by molar-refractivity contribution is 7.80. The molecule has 278 valence electrons. The van der Waals surface area contributed by atoms with Crippen LogP contribution in [0.5, 0.6) is 11.5 Å². The fourth-order valence-corrected chi connectivity index (χ4v) is 8.09. The number of nitrogens with one attached hydrogen (secondary N) is 2. The van der Waals surface area contributed by atoms with Crippen molar-refractivity contribution >= 4 is 47.4 Å². The fourth-order valence-electron chi connectivity index (χ4n) is 7.88. The summed E-state index contributed by atoms with van der Waals surface area (Å²) in [5.41, 5.74) is -0.705. The first kappa shape index (κ1) is 37.0. The van der Waals surface area contributed by atoms with Crippen molar-refractivity contribution in [3.05, 3.63) is 23.8 Å². The maximum Gasteiger partial charge on any atom is 0.408 e. The number of carbonyl (C=O) groups excluding carboxylic acids is 3. The van der Waals surface area contributed by atoms with E-state index < -0.39 is 53.0 Å². The van der Waals surface area contributed by atoms with Gasteiger partial charge in [-0.2, -0.15) is 0 Å². The Labute approximate surface area is 303 Å². The normalized spacial score (nSPS) is 28.5. The number of aryl methyl sites for hydroxylation is 1. The number of thiol groups is 1. The Morgan fingerprint density at radius 1 is 1.08 bits per heavy atom. The number of pyridine rings is 1. The summed E-state index contributed by atoms with van der Waals surface area (Å²) in [7, 11) is 1.60. The van der Waals surface area contributed by atoms with Gasteiger partial charge < -0.3 is 39.6 Å². The quantitative estimate of drug-likeness (QED) is 0.171. The van der Waals surface area contributed by atoms with E-state index in [4.69, 9.17) is 18.9 Å². The van der Waals surface area contributed by atoms with Gasteiger partial charge in [0.25, 0.3) is 0 Å². The number of ether oxygens (including phenoxy) is 4. The van der Waals surface area contributed by atoms with Gasteiger partial charge in [-0.05, 0) is 67.9 Å². The SMILES string of the molecule is CC[C@@H]1C[C@]1(NC(=O)[C@@H]1C[C@@H](Oc2cc(S)nc3c(C)c(OCCOC)ccc23)CN1C(=O)[C@@H](NC(=O)O[C@@H]1C[C@@H]2C[C@@H]2C1)C(C)(C)C)C(=O)O. The summed E-state index contributed by atoms with van der Waals surface area (Å²) >= 11 is 4.54. The highest BCUT2D eigenvalue weighted by atomic mass is 32.1. The van der Waals surface area contributed by atoms with Crippen LogP contribution in [0.15, 0.2) is 23.2 Å². The number of rotatable bonds is 13. The van der Waals surface area contributed by atoms with Crippen LogP contribution in [0.3, 0.4) is 0 Å². The molecule has 1 aromatic carbocycles. The predicted octanol–water partition coefficient (Wildman–Crippen LogP) is 4.51. The van der Waals surface area contributed by atoms with E-state index in [1.54, 1.807) is 13.2 Å². The van der Waals surface area contributed by atoms with E-state index in [0.717, 1.165) is 18.4 Å². The Kier molecular flexibility index (Phi) is 10.4. The molecule has 1 saturated heterocycles. The van der Waals surface area contributed by atoms with Crippen LogP contribution in [0.25, 0.3) is 10.9 Å². The second-order valence-corrected chi connectivity index (χ2v) is 16.1. The molecule has 4 fully saturated rings. The molecule has 8 atom stereocenters. The average molecular weight is 727 g/mol. The number of aromatic nitrogens is 1. The van der Waals surface area contributed by atoms with Crippen LogP contribution < -0.4 is 20.1 Å². The molecule has 2 aromatic rings. The van der Waals surface area contributed by atoms with E-state index in [1.807, 2.05) is 46.8 Å². The van der Waals surface area contributed by atoms with Gasteiger partial charge in [-0.3, -0.25) is 9.59 Å². The molecule has 0 bridgehead atoms. The summed E-state index contributed by atoms with van der Waals surface area (Å²) in [6.45, 7) is 10.1. The molecule has 3 N–H and O–H groups in total. The maximum absolute atomic E-state index is 14.5. The van der Waals surface area contributed by atoms with Gasteiger partial charge >= 0.3 is 12.1 Å². The standard InChI is InChI=1S/C37H50N4O9S/c1-7-22-17-37(22,34(44)45)40-32(42)26-15-24(49-28-16-29(51)38-30-19(2)27(9-8-25(28)30)48-11-10-47-6)18-41(26)33(43)31(36(3,4)5)39-35(46)50-23-13-20-12-21(20)14-23/h8-9,16,20-24,26,31H,7,10-15,17-18H2,1-6H3,(H,38,51)(H,39,46)(H,40,42)(H,44,45)/t20-,21+,22-,23+,24-,26+,31-,37-/m1/s1. The van der Waals surface area contributed by atoms with Crippen molar-refractivity contribution in [3.63, 3.8) is 0 Å². The van der Waals surface area contributed by atoms with Gasteiger partial charge in [0.1, 0.15) is 47.9 Å². The first-order chi connectivity index (χ1) is 24.1. The minimum absolute atomic E-state index is 0.0202. The molecule has 0 radical (unpaired) electrons. The predicted molar refractivity (Wildman–Crippen MR) is 190 cm³/mol. The van der Waals surface area contributed by atoms with E-state index in [0.29, 0.717) is 65.3 Å². The maximum atomic E-state index is 14.5. The van der Waals surface area contributed by atoms with Crippen molar-refractivity contribution in [1.29, 1.82) is 0 Å². The number of methoxy groups -OCH3 is 1. The molecule has 3 saturated carbocycles. The van der Waals surface area contributed by atoms with Crippen molar-refractivity contribution in [2.75, 3.05) is 26.9 Å². The molecule has 1 aliphatic heterocycles. The summed E-state index contributed by atoms with van der Waals surface area (Å²) in [6.07, 6.45) is 2.37. The topological polar surface area (TPSA) is 166 Å². The number of hydrogen-bond donors (Lipinski definition) is 4. The van der Waals surface area contributed by atoms with Gasteiger partial charge in [0, 0.05) is 30.5 Å². The Morgan fingerprint density at radius 3 is 2.43 bits per heavy atom. The van der Waals surface area contributed by atoms with Crippen LogP contribution >= 0.6 is 12.6 Å². The second-order valence-electron chi connectivity index (χ2n) is 15.7. The lowest BCUT2D eigenvalue weighted by atomic mass is 9.85. The number of alkyl carbamates (subject to hydrolysis) is 1. The molecule has 3 amide bonds. The molecule has 0 spiro atoms. The number of benzene rings is 1. The zero-order valence-corrected chi connectivity index (χ0v) is 31.1. The van der Waals surface area contributed by atoms with Crippen LogP contribution in [0.2, 0.25) is 0 Å². The lowest BCUT2D eigenvalue weighted by Gasteiger charge is -2.35. The number of hydrogen-bond acceptors (Lipinski definition) is 10. The smallest absolute Gasteiger partial charge is 0.408 e. The summed E-state index contributed by atoms with van der Waals surface area (Å²) in [6, 6.07) is 3.29. The molecule has 14 heteroatoms. The molecule has 51 heavy (non-hydrogen) atoms. The molecule has 3 aliphatic carbocycles. The number of fused-ring (bicyclic) bond motifs is 2. The number of carboxylic acid groups (broad SMARTS) is 1. The van der Waals surface area contributed by atoms with Crippen molar-refractivity contribution in [1.82, 2.24) is 20.5 Å². The first-order valence-corrected chi connectivity index (χ1v) is 18.3. The van der Waals surface area contributed by atoms with Crippen molar-refractivity contribution in [3.8, 4) is 11.5 Å². The molecular weight excluding hydrogens is 676 g/mol. The zero-order chi connectivity index (χ0) is 36.8. The lowest BCUT2D eigenvalue weighted by Crippen LogP contribution is -2.59.